The number of esters is 4. The summed E-state index contributed by atoms with van der Waals surface area (Å²) in [6.07, 6.45) is -4.57. The maximum absolute atomic E-state index is 11.9. The molecule has 0 amide bonds. The van der Waals surface area contributed by atoms with Crippen molar-refractivity contribution in [3.8, 4) is 0 Å². The fourth-order valence-corrected chi connectivity index (χ4v) is 3.97. The Hall–Kier alpha value is -3.84. The van der Waals surface area contributed by atoms with Gasteiger partial charge in [-0.3, -0.25) is 19.2 Å². The Morgan fingerprint density at radius 3 is 2.21 bits per heavy atom. The molecule has 1 saturated heterocycles. The van der Waals surface area contributed by atoms with Crippen molar-refractivity contribution in [3.63, 3.8) is 0 Å². The van der Waals surface area contributed by atoms with Crippen molar-refractivity contribution in [2.24, 2.45) is 0 Å². The van der Waals surface area contributed by atoms with E-state index in [9.17, 15) is 19.2 Å². The zero-order valence-corrected chi connectivity index (χ0v) is 21.8. The molecule has 13 nitrogen and oxygen atoms in total. The number of carbonyl (C=O) groups is 4. The van der Waals surface area contributed by atoms with Crippen LogP contribution in [0, 0.1) is 6.92 Å². The molecule has 2 heterocycles. The number of rotatable bonds is 10. The van der Waals surface area contributed by atoms with E-state index in [2.05, 4.69) is 10.3 Å². The number of nitrogens with zero attached hydrogens (tertiary/aromatic N) is 3. The lowest BCUT2D eigenvalue weighted by Crippen LogP contribution is -2.62. The van der Waals surface area contributed by atoms with E-state index in [-0.39, 0.29) is 13.2 Å². The lowest BCUT2D eigenvalue weighted by molar-refractivity contribution is -0.310. The van der Waals surface area contributed by atoms with Crippen LogP contribution in [0.15, 0.2) is 30.5 Å². The summed E-state index contributed by atoms with van der Waals surface area (Å²) in [6.45, 7) is 6.69. The second-order valence-corrected chi connectivity index (χ2v) is 8.78. The van der Waals surface area contributed by atoms with Crippen LogP contribution in [0.4, 0.5) is 0 Å². The van der Waals surface area contributed by atoms with Gasteiger partial charge in [0.15, 0.2) is 24.6 Å². The first-order valence-corrected chi connectivity index (χ1v) is 11.9. The summed E-state index contributed by atoms with van der Waals surface area (Å²) >= 11 is 0. The molecule has 5 atom stereocenters. The predicted molar refractivity (Wildman–Crippen MR) is 127 cm³/mol. The Labute approximate surface area is 219 Å². The average molecular weight is 534 g/mol. The van der Waals surface area contributed by atoms with E-state index in [0.29, 0.717) is 12.2 Å². The normalized spacial score (nSPS) is 22.8. The minimum Gasteiger partial charge on any atom is -0.463 e. The van der Waals surface area contributed by atoms with Crippen molar-refractivity contribution in [1.82, 2.24) is 15.0 Å². The van der Waals surface area contributed by atoms with Crippen LogP contribution in [-0.4, -0.2) is 76.2 Å². The minimum atomic E-state index is -1.31. The third-order valence-electron chi connectivity index (χ3n) is 5.36. The standard InChI is InChI=1S/C25H31N3O10/c1-14-7-6-8-19(9-14)10-28-11-20(26-27-28)12-34-25-24(37-18(5)32)23(36-17(4)31)22(35-16(3)30)21(38-25)13-33-15(2)29/h6-9,11,21-25H,10,12-13H2,1-5H3/t21-,22-,23+,24+,25+/m1/s1. The highest BCUT2D eigenvalue weighted by Gasteiger charge is 2.52. The van der Waals surface area contributed by atoms with E-state index in [1.807, 2.05) is 31.2 Å². The van der Waals surface area contributed by atoms with Crippen molar-refractivity contribution in [1.29, 1.82) is 0 Å². The van der Waals surface area contributed by atoms with Crippen LogP contribution in [0.3, 0.4) is 0 Å². The Morgan fingerprint density at radius 2 is 1.58 bits per heavy atom. The van der Waals surface area contributed by atoms with Gasteiger partial charge in [-0.2, -0.15) is 0 Å². The van der Waals surface area contributed by atoms with Crippen LogP contribution in [0.25, 0.3) is 0 Å². The molecule has 0 spiro atoms. The molecule has 13 heteroatoms. The Balaban J connectivity index is 1.81. The molecule has 0 unspecified atom stereocenters. The maximum atomic E-state index is 11.9. The second-order valence-electron chi connectivity index (χ2n) is 8.78. The van der Waals surface area contributed by atoms with Crippen LogP contribution in [0.1, 0.15) is 44.5 Å². The molecular weight excluding hydrogens is 502 g/mol. The summed E-state index contributed by atoms with van der Waals surface area (Å²) in [4.78, 5) is 47.1. The van der Waals surface area contributed by atoms with Gasteiger partial charge in [-0.15, -0.1) is 5.10 Å². The van der Waals surface area contributed by atoms with Crippen LogP contribution in [-0.2, 0) is 60.8 Å². The maximum Gasteiger partial charge on any atom is 0.303 e. The number of carbonyl (C=O) groups excluding carboxylic acids is 4. The van der Waals surface area contributed by atoms with Crippen molar-refractivity contribution in [2.75, 3.05) is 6.61 Å². The topological polar surface area (TPSA) is 154 Å². The lowest BCUT2D eigenvalue weighted by Gasteiger charge is -2.43. The molecule has 2 aromatic rings. The number of hydrogen-bond donors (Lipinski definition) is 0. The van der Waals surface area contributed by atoms with Crippen LogP contribution in [0.2, 0.25) is 0 Å². The number of aryl methyl sites for hydroxylation is 1. The van der Waals surface area contributed by atoms with E-state index in [1.54, 1.807) is 10.9 Å². The summed E-state index contributed by atoms with van der Waals surface area (Å²) in [7, 11) is 0. The molecule has 0 radical (unpaired) electrons. The third-order valence-corrected chi connectivity index (χ3v) is 5.36. The fourth-order valence-electron chi connectivity index (χ4n) is 3.97. The van der Waals surface area contributed by atoms with Crippen molar-refractivity contribution in [2.45, 2.75) is 78.5 Å². The zero-order chi connectivity index (χ0) is 27.8. The average Bonchev–Trinajstić information content (AvgIpc) is 3.26. The summed E-state index contributed by atoms with van der Waals surface area (Å²) < 4.78 is 34.6. The number of hydrogen-bond acceptors (Lipinski definition) is 12. The Kier molecular flexibility index (Phi) is 9.91. The van der Waals surface area contributed by atoms with Crippen molar-refractivity contribution in [3.05, 3.63) is 47.3 Å². The quantitative estimate of drug-likeness (QED) is 0.319. The van der Waals surface area contributed by atoms with E-state index in [1.165, 1.54) is 6.92 Å². The molecule has 0 bridgehead atoms. The minimum absolute atomic E-state index is 0.110. The molecule has 1 aromatic heterocycles. The molecule has 1 aliphatic heterocycles. The predicted octanol–water partition coefficient (Wildman–Crippen LogP) is 1.23. The molecular formula is C25H31N3O10. The molecule has 3 rings (SSSR count). The van der Waals surface area contributed by atoms with Crippen LogP contribution >= 0.6 is 0 Å². The molecule has 206 valence electrons. The van der Waals surface area contributed by atoms with Gasteiger partial charge in [0.25, 0.3) is 0 Å². The van der Waals surface area contributed by atoms with Gasteiger partial charge in [-0.1, -0.05) is 35.0 Å². The van der Waals surface area contributed by atoms with Gasteiger partial charge < -0.3 is 28.4 Å². The first kappa shape index (κ1) is 28.7. The highest BCUT2D eigenvalue weighted by atomic mass is 16.7. The molecule has 0 aliphatic carbocycles. The zero-order valence-electron chi connectivity index (χ0n) is 21.8. The van der Waals surface area contributed by atoms with Crippen LogP contribution < -0.4 is 0 Å². The summed E-state index contributed by atoms with van der Waals surface area (Å²) in [5.74, 6) is -2.76. The number of aromatic nitrogens is 3. The lowest BCUT2D eigenvalue weighted by atomic mass is 9.98. The molecule has 1 aromatic carbocycles. The smallest absolute Gasteiger partial charge is 0.303 e. The summed E-state index contributed by atoms with van der Waals surface area (Å²) in [5.41, 5.74) is 2.61. The van der Waals surface area contributed by atoms with Gasteiger partial charge in [0.1, 0.15) is 18.4 Å². The summed E-state index contributed by atoms with van der Waals surface area (Å²) in [6, 6.07) is 7.96. The van der Waals surface area contributed by atoms with Gasteiger partial charge in [-0.25, -0.2) is 4.68 Å². The monoisotopic (exact) mass is 533 g/mol. The Bertz CT molecular complexity index is 1150. The SMILES string of the molecule is CC(=O)OC[C@H]1O[C@H](OCc2cn(Cc3cccc(C)c3)nn2)[C@@H](OC(C)=O)[C@@H](OC(C)=O)[C@@H]1OC(C)=O. The second kappa shape index (κ2) is 13.1. The van der Waals surface area contributed by atoms with Gasteiger partial charge in [0.05, 0.1) is 19.3 Å². The largest absolute Gasteiger partial charge is 0.463 e. The van der Waals surface area contributed by atoms with Gasteiger partial charge in [0, 0.05) is 27.7 Å². The van der Waals surface area contributed by atoms with Crippen LogP contribution in [0.5, 0.6) is 0 Å². The molecule has 1 aliphatic rings. The summed E-state index contributed by atoms with van der Waals surface area (Å²) in [5, 5.41) is 8.22. The van der Waals surface area contributed by atoms with E-state index in [4.69, 9.17) is 28.4 Å². The van der Waals surface area contributed by atoms with E-state index < -0.39 is 54.6 Å². The highest BCUT2D eigenvalue weighted by Crippen LogP contribution is 2.30. The number of benzene rings is 1. The van der Waals surface area contributed by atoms with Gasteiger partial charge >= 0.3 is 23.9 Å². The van der Waals surface area contributed by atoms with E-state index in [0.717, 1.165) is 31.9 Å². The van der Waals surface area contributed by atoms with Gasteiger partial charge in [-0.05, 0) is 12.5 Å². The fraction of sp³-hybridized carbons (Fsp3) is 0.520. The Morgan fingerprint density at radius 1 is 0.921 bits per heavy atom. The van der Waals surface area contributed by atoms with Crippen molar-refractivity contribution >= 4 is 23.9 Å². The van der Waals surface area contributed by atoms with E-state index >= 15 is 0 Å². The highest BCUT2D eigenvalue weighted by molar-refractivity contribution is 5.68. The van der Waals surface area contributed by atoms with Gasteiger partial charge in [0.2, 0.25) is 0 Å². The first-order valence-electron chi connectivity index (χ1n) is 11.9. The van der Waals surface area contributed by atoms with Crippen molar-refractivity contribution < 1.29 is 47.6 Å². The molecule has 38 heavy (non-hydrogen) atoms. The molecule has 0 N–H and O–H groups in total. The number of ether oxygens (including phenoxy) is 6. The molecule has 1 fully saturated rings. The first-order chi connectivity index (χ1) is 18.0. The third kappa shape index (κ3) is 8.35. The molecule has 0 saturated carbocycles.